The zero-order valence-corrected chi connectivity index (χ0v) is 8.66. The quantitative estimate of drug-likeness (QED) is 0.478. The van der Waals surface area contributed by atoms with E-state index in [1.165, 1.54) is 6.07 Å². The number of rotatable bonds is 3. The number of hydrogen-bond donors (Lipinski definition) is 1. The molecule has 1 aromatic rings. The van der Waals surface area contributed by atoms with Gasteiger partial charge in [-0.3, -0.25) is 4.55 Å². The van der Waals surface area contributed by atoms with Crippen LogP contribution < -0.4 is 0 Å². The van der Waals surface area contributed by atoms with Crippen molar-refractivity contribution >= 4 is 29.0 Å². The predicted molar refractivity (Wildman–Crippen MR) is 62.0 cm³/mol. The molecule has 0 fully saturated rings. The van der Waals surface area contributed by atoms with Crippen molar-refractivity contribution in [1.82, 2.24) is 0 Å². The fourth-order valence-electron chi connectivity index (χ4n) is 1.22. The van der Waals surface area contributed by atoms with Gasteiger partial charge in [-0.2, -0.15) is 8.42 Å². The number of hydrogen-bond acceptors (Lipinski definition) is 2. The molecule has 78 valence electrons. The van der Waals surface area contributed by atoms with E-state index in [0.717, 1.165) is 0 Å². The summed E-state index contributed by atoms with van der Waals surface area (Å²) >= 11 is 0. The molecule has 0 amide bonds. The molecule has 0 aliphatic heterocycles. The van der Waals surface area contributed by atoms with Crippen LogP contribution in [-0.2, 0) is 10.1 Å². The zero-order chi connectivity index (χ0) is 10.8. The molecule has 3 nitrogen and oxygen atoms in total. The normalized spacial score (nSPS) is 12.7. The maximum atomic E-state index is 11.0. The molecule has 0 aliphatic rings. The van der Waals surface area contributed by atoms with Gasteiger partial charge in [0.15, 0.2) is 0 Å². The Bertz CT molecular complexity index is 440. The van der Waals surface area contributed by atoms with Gasteiger partial charge in [-0.25, -0.2) is 0 Å². The van der Waals surface area contributed by atoms with E-state index in [1.54, 1.807) is 24.3 Å². The Morgan fingerprint density at radius 2 is 1.93 bits per heavy atom. The topological polar surface area (TPSA) is 54.4 Å². The van der Waals surface area contributed by atoms with Gasteiger partial charge in [-0.15, -0.1) is 6.58 Å². The molecule has 15 heavy (non-hydrogen) atoms. The van der Waals surface area contributed by atoms with Gasteiger partial charge in [0, 0.05) is 5.92 Å². The summed E-state index contributed by atoms with van der Waals surface area (Å²) in [6.45, 7) is 5.40. The van der Waals surface area contributed by atoms with Crippen LogP contribution in [0.4, 0.5) is 0 Å². The second kappa shape index (κ2) is 5.52. The first kappa shape index (κ1) is 14.5. The minimum absolute atomic E-state index is 0. The van der Waals surface area contributed by atoms with Crippen molar-refractivity contribution in [2.75, 3.05) is 0 Å². The van der Waals surface area contributed by atoms with Crippen LogP contribution in [-0.4, -0.2) is 31.8 Å². The first-order chi connectivity index (χ1) is 6.46. The van der Waals surface area contributed by atoms with Gasteiger partial charge < -0.3 is 0 Å². The van der Waals surface area contributed by atoms with Crippen LogP contribution in [0.3, 0.4) is 0 Å². The first-order valence-electron chi connectivity index (χ1n) is 4.15. The summed E-state index contributed by atoms with van der Waals surface area (Å²) in [6.07, 6.45) is 1.63. The van der Waals surface area contributed by atoms with Gasteiger partial charge >= 0.3 is 18.9 Å². The van der Waals surface area contributed by atoms with Crippen LogP contribution in [0.5, 0.6) is 0 Å². The van der Waals surface area contributed by atoms with Gasteiger partial charge in [0.2, 0.25) is 0 Å². The van der Waals surface area contributed by atoms with Gasteiger partial charge in [-0.05, 0) is 11.6 Å². The van der Waals surface area contributed by atoms with Crippen LogP contribution in [0, 0.1) is 0 Å². The van der Waals surface area contributed by atoms with Gasteiger partial charge in [-0.1, -0.05) is 31.2 Å². The number of allylic oxidation sites excluding steroid dienone is 1. The Labute approximate surface area is 102 Å². The molecule has 1 aromatic carbocycles. The van der Waals surface area contributed by atoms with E-state index in [0.29, 0.717) is 5.56 Å². The minimum atomic E-state index is -4.14. The van der Waals surface area contributed by atoms with E-state index in [1.807, 2.05) is 6.92 Å². The second-order valence-electron chi connectivity index (χ2n) is 3.04. The van der Waals surface area contributed by atoms with Crippen LogP contribution in [0.2, 0.25) is 0 Å². The molecule has 1 rings (SSSR count). The van der Waals surface area contributed by atoms with E-state index >= 15 is 0 Å². The first-order valence-corrected chi connectivity index (χ1v) is 5.60. The van der Waals surface area contributed by atoms with Crippen molar-refractivity contribution in [3.05, 3.63) is 42.5 Å². The molecule has 0 spiro atoms. The average molecular weight is 220 g/mol. The fourth-order valence-corrected chi connectivity index (χ4v) is 2.02. The van der Waals surface area contributed by atoms with Crippen LogP contribution in [0.25, 0.3) is 0 Å². The molecule has 0 heterocycles. The molecule has 1 N–H and O–H groups in total. The van der Waals surface area contributed by atoms with E-state index < -0.39 is 10.1 Å². The van der Waals surface area contributed by atoms with Crippen molar-refractivity contribution < 1.29 is 13.0 Å². The Morgan fingerprint density at radius 1 is 1.40 bits per heavy atom. The third-order valence-corrected chi connectivity index (χ3v) is 2.97. The van der Waals surface area contributed by atoms with Crippen molar-refractivity contribution in [1.29, 1.82) is 0 Å². The van der Waals surface area contributed by atoms with Gasteiger partial charge in [0.05, 0.1) is 4.90 Å². The fraction of sp³-hybridized carbons (Fsp3) is 0.200. The SMILES string of the molecule is C=CC(C)c1ccccc1S(=O)(=O)O.[LiH]. The summed E-state index contributed by atoms with van der Waals surface area (Å²) < 4.78 is 30.9. The van der Waals surface area contributed by atoms with Crippen molar-refractivity contribution in [2.24, 2.45) is 0 Å². The molecule has 5 heteroatoms. The van der Waals surface area contributed by atoms with Crippen molar-refractivity contribution in [2.45, 2.75) is 17.7 Å². The summed E-state index contributed by atoms with van der Waals surface area (Å²) in [7, 11) is -4.14. The standard InChI is InChI=1S/C10H12O3S.Li.H/c1-3-8(2)9-6-4-5-7-10(9)14(11,12)13;;/h3-8H,1H2,2H3,(H,11,12,13);;. The molecule has 0 saturated carbocycles. The molecule has 1 unspecified atom stereocenters. The molecular formula is C10H13LiO3S. The maximum absolute atomic E-state index is 11.0. The van der Waals surface area contributed by atoms with E-state index in [-0.39, 0.29) is 29.7 Å². The van der Waals surface area contributed by atoms with Crippen LogP contribution in [0.15, 0.2) is 41.8 Å². The van der Waals surface area contributed by atoms with Crippen molar-refractivity contribution in [3.63, 3.8) is 0 Å². The third kappa shape index (κ3) is 3.51. The molecule has 0 bridgehead atoms. The summed E-state index contributed by atoms with van der Waals surface area (Å²) in [5, 5.41) is 0. The molecule has 1 atom stereocenters. The molecule has 0 saturated heterocycles. The Hall–Kier alpha value is -0.533. The summed E-state index contributed by atoms with van der Waals surface area (Å²) in [6, 6.07) is 6.34. The third-order valence-electron chi connectivity index (χ3n) is 2.04. The average Bonchev–Trinajstić information content (AvgIpc) is 2.15. The van der Waals surface area contributed by atoms with E-state index in [9.17, 15) is 8.42 Å². The number of benzene rings is 1. The Kier molecular flexibility index (Phi) is 5.33. The van der Waals surface area contributed by atoms with E-state index in [4.69, 9.17) is 4.55 Å². The van der Waals surface area contributed by atoms with Crippen LogP contribution in [0.1, 0.15) is 18.4 Å². The molecular weight excluding hydrogens is 207 g/mol. The summed E-state index contributed by atoms with van der Waals surface area (Å²) in [5.74, 6) is -0.104. The Balaban J connectivity index is 0.00000196. The second-order valence-corrected chi connectivity index (χ2v) is 4.43. The zero-order valence-electron chi connectivity index (χ0n) is 7.84. The van der Waals surface area contributed by atoms with Gasteiger partial charge in [0.1, 0.15) is 0 Å². The molecule has 0 radical (unpaired) electrons. The Morgan fingerprint density at radius 3 is 2.40 bits per heavy atom. The summed E-state index contributed by atoms with van der Waals surface area (Å²) in [5.41, 5.74) is 0.560. The van der Waals surface area contributed by atoms with Gasteiger partial charge in [0.25, 0.3) is 10.1 Å². The van der Waals surface area contributed by atoms with E-state index in [2.05, 4.69) is 6.58 Å². The monoisotopic (exact) mass is 220 g/mol. The van der Waals surface area contributed by atoms with Crippen LogP contribution >= 0.6 is 0 Å². The predicted octanol–water partition coefficient (Wildman–Crippen LogP) is 1.57. The molecule has 0 aliphatic carbocycles. The molecule has 0 aromatic heterocycles. The summed E-state index contributed by atoms with van der Waals surface area (Å²) in [4.78, 5) is -0.0487. The van der Waals surface area contributed by atoms with Crippen molar-refractivity contribution in [3.8, 4) is 0 Å².